The molecule has 1 aliphatic rings. The number of carbonyl (C=O) groups excluding carboxylic acids is 1. The topological polar surface area (TPSA) is 20.3 Å². The van der Waals surface area contributed by atoms with Gasteiger partial charge in [0.15, 0.2) is 0 Å². The van der Waals surface area contributed by atoms with Gasteiger partial charge in [-0.15, -0.1) is 0 Å². The fraction of sp³-hybridized carbons (Fsp3) is 0.750. The molecule has 0 heterocycles. The summed E-state index contributed by atoms with van der Waals surface area (Å²) in [5.74, 6) is 0.248. The van der Waals surface area contributed by atoms with Crippen LogP contribution in [0.25, 0.3) is 0 Å². The smallest absolute Gasteiger partial charge is 0.222 e. The second kappa shape index (κ2) is 4.63. The molecule has 2 heteroatoms. The Balaban J connectivity index is 2.43. The van der Waals surface area contributed by atoms with Gasteiger partial charge >= 0.3 is 0 Å². The normalized spacial score (nSPS) is 25.4. The van der Waals surface area contributed by atoms with E-state index in [1.165, 1.54) is 12.8 Å². The lowest BCUT2D eigenvalue weighted by molar-refractivity contribution is -0.129. The maximum absolute atomic E-state index is 11.5. The van der Waals surface area contributed by atoms with Crippen molar-refractivity contribution < 1.29 is 4.79 Å². The SMILES string of the molecule is CC[C@@]1(CCC(=O)N(C)C)C=CCC1. The Morgan fingerprint density at radius 1 is 1.50 bits per heavy atom. The molecule has 0 radical (unpaired) electrons. The molecule has 0 bridgehead atoms. The van der Waals surface area contributed by atoms with Gasteiger partial charge in [-0.2, -0.15) is 0 Å². The van der Waals surface area contributed by atoms with E-state index in [0.717, 1.165) is 12.8 Å². The monoisotopic (exact) mass is 195 g/mol. The number of allylic oxidation sites excluding steroid dienone is 2. The third kappa shape index (κ3) is 2.60. The molecule has 1 amide bonds. The van der Waals surface area contributed by atoms with E-state index >= 15 is 0 Å². The van der Waals surface area contributed by atoms with Crippen LogP contribution in [0.4, 0.5) is 0 Å². The van der Waals surface area contributed by atoms with Crippen LogP contribution in [0.5, 0.6) is 0 Å². The molecule has 0 spiro atoms. The third-order valence-corrected chi connectivity index (χ3v) is 3.32. The van der Waals surface area contributed by atoms with Crippen molar-refractivity contribution in [3.63, 3.8) is 0 Å². The minimum absolute atomic E-state index is 0.248. The average molecular weight is 195 g/mol. The van der Waals surface area contributed by atoms with Gasteiger partial charge in [-0.3, -0.25) is 4.79 Å². The lowest BCUT2D eigenvalue weighted by Gasteiger charge is -2.26. The summed E-state index contributed by atoms with van der Waals surface area (Å²) < 4.78 is 0. The van der Waals surface area contributed by atoms with Crippen LogP contribution in [-0.2, 0) is 4.79 Å². The molecule has 0 saturated heterocycles. The second-order valence-corrected chi connectivity index (χ2v) is 4.45. The molecule has 0 unspecified atom stereocenters. The number of rotatable bonds is 4. The molecule has 14 heavy (non-hydrogen) atoms. The summed E-state index contributed by atoms with van der Waals surface area (Å²) in [5, 5.41) is 0. The number of hydrogen-bond acceptors (Lipinski definition) is 1. The van der Waals surface area contributed by atoms with Crippen LogP contribution in [0.1, 0.15) is 39.0 Å². The van der Waals surface area contributed by atoms with Gasteiger partial charge in [0.2, 0.25) is 5.91 Å². The van der Waals surface area contributed by atoms with E-state index in [4.69, 9.17) is 0 Å². The lowest BCUT2D eigenvalue weighted by atomic mass is 9.80. The zero-order valence-electron chi connectivity index (χ0n) is 9.55. The molecule has 0 aromatic heterocycles. The first-order chi connectivity index (χ1) is 6.59. The van der Waals surface area contributed by atoms with Crippen molar-refractivity contribution in [3.8, 4) is 0 Å². The molecule has 2 nitrogen and oxygen atoms in total. The van der Waals surface area contributed by atoms with Crippen LogP contribution in [0.2, 0.25) is 0 Å². The summed E-state index contributed by atoms with van der Waals surface area (Å²) in [7, 11) is 3.65. The van der Waals surface area contributed by atoms with Gasteiger partial charge in [0.1, 0.15) is 0 Å². The predicted octanol–water partition coefficient (Wildman–Crippen LogP) is 2.60. The van der Waals surface area contributed by atoms with Crippen LogP contribution >= 0.6 is 0 Å². The summed E-state index contributed by atoms with van der Waals surface area (Å²) in [5.41, 5.74) is 0.325. The molecule has 0 saturated carbocycles. The van der Waals surface area contributed by atoms with Crippen LogP contribution in [0.15, 0.2) is 12.2 Å². The highest BCUT2D eigenvalue weighted by molar-refractivity contribution is 5.75. The van der Waals surface area contributed by atoms with Gasteiger partial charge in [-0.1, -0.05) is 19.1 Å². The fourth-order valence-corrected chi connectivity index (χ4v) is 2.05. The molecular weight excluding hydrogens is 174 g/mol. The number of carbonyl (C=O) groups is 1. The van der Waals surface area contributed by atoms with Gasteiger partial charge < -0.3 is 4.90 Å². The predicted molar refractivity (Wildman–Crippen MR) is 59.0 cm³/mol. The van der Waals surface area contributed by atoms with Crippen LogP contribution in [0, 0.1) is 5.41 Å². The van der Waals surface area contributed by atoms with Crippen molar-refractivity contribution in [2.24, 2.45) is 5.41 Å². The quantitative estimate of drug-likeness (QED) is 0.631. The van der Waals surface area contributed by atoms with Crippen LogP contribution in [0.3, 0.4) is 0 Å². The summed E-state index contributed by atoms with van der Waals surface area (Å²) in [4.78, 5) is 13.1. The van der Waals surface area contributed by atoms with E-state index in [1.54, 1.807) is 4.90 Å². The first-order valence-corrected chi connectivity index (χ1v) is 5.47. The summed E-state index contributed by atoms with van der Waals surface area (Å²) in [6.07, 6.45) is 9.83. The summed E-state index contributed by atoms with van der Waals surface area (Å²) >= 11 is 0. The minimum Gasteiger partial charge on any atom is -0.349 e. The molecular formula is C12H21NO. The van der Waals surface area contributed by atoms with Crippen molar-refractivity contribution in [2.45, 2.75) is 39.0 Å². The van der Waals surface area contributed by atoms with Crippen molar-refractivity contribution >= 4 is 5.91 Å². The van der Waals surface area contributed by atoms with Gasteiger partial charge in [0, 0.05) is 20.5 Å². The molecule has 80 valence electrons. The Kier molecular flexibility index (Phi) is 3.73. The largest absolute Gasteiger partial charge is 0.349 e. The Morgan fingerprint density at radius 3 is 2.64 bits per heavy atom. The van der Waals surface area contributed by atoms with Crippen molar-refractivity contribution in [2.75, 3.05) is 14.1 Å². The maximum atomic E-state index is 11.5. The average Bonchev–Trinajstić information content (AvgIpc) is 2.63. The highest BCUT2D eigenvalue weighted by Crippen LogP contribution is 2.39. The zero-order chi connectivity index (χ0) is 10.6. The Hall–Kier alpha value is -0.790. The van der Waals surface area contributed by atoms with Crippen molar-refractivity contribution in [3.05, 3.63) is 12.2 Å². The Morgan fingerprint density at radius 2 is 2.21 bits per heavy atom. The van der Waals surface area contributed by atoms with Gasteiger partial charge in [-0.25, -0.2) is 0 Å². The molecule has 0 aliphatic heterocycles. The first-order valence-electron chi connectivity index (χ1n) is 5.47. The van der Waals surface area contributed by atoms with E-state index in [9.17, 15) is 4.79 Å². The van der Waals surface area contributed by atoms with Crippen LogP contribution < -0.4 is 0 Å². The summed E-state index contributed by atoms with van der Waals surface area (Å²) in [6.45, 7) is 2.22. The zero-order valence-corrected chi connectivity index (χ0v) is 9.55. The Bertz CT molecular complexity index is 232. The van der Waals surface area contributed by atoms with Crippen molar-refractivity contribution in [1.29, 1.82) is 0 Å². The highest BCUT2D eigenvalue weighted by Gasteiger charge is 2.28. The van der Waals surface area contributed by atoms with E-state index < -0.39 is 0 Å². The molecule has 1 aliphatic carbocycles. The van der Waals surface area contributed by atoms with Gasteiger partial charge in [-0.05, 0) is 31.1 Å². The van der Waals surface area contributed by atoms with Crippen molar-refractivity contribution in [1.82, 2.24) is 4.90 Å². The van der Waals surface area contributed by atoms with E-state index in [2.05, 4.69) is 19.1 Å². The Labute approximate surface area is 87.0 Å². The molecule has 1 atom stereocenters. The standard InChI is InChI=1S/C12H21NO/c1-4-12(8-5-6-9-12)10-7-11(14)13(2)3/h5,8H,4,6-7,9-10H2,1-3H3/t12-/m1/s1. The van der Waals surface area contributed by atoms with Gasteiger partial charge in [0.05, 0.1) is 0 Å². The summed E-state index contributed by atoms with van der Waals surface area (Å²) in [6, 6.07) is 0. The number of nitrogens with zero attached hydrogens (tertiary/aromatic N) is 1. The molecule has 0 N–H and O–H groups in total. The molecule has 0 fully saturated rings. The van der Waals surface area contributed by atoms with E-state index in [0.29, 0.717) is 11.8 Å². The molecule has 1 rings (SSSR count). The number of amides is 1. The molecule has 0 aromatic carbocycles. The third-order valence-electron chi connectivity index (χ3n) is 3.32. The van der Waals surface area contributed by atoms with Crippen LogP contribution in [-0.4, -0.2) is 24.9 Å². The second-order valence-electron chi connectivity index (χ2n) is 4.45. The number of hydrogen-bond donors (Lipinski definition) is 0. The lowest BCUT2D eigenvalue weighted by Crippen LogP contribution is -2.24. The van der Waals surface area contributed by atoms with E-state index in [-0.39, 0.29) is 5.91 Å². The highest BCUT2D eigenvalue weighted by atomic mass is 16.2. The van der Waals surface area contributed by atoms with E-state index in [1.807, 2.05) is 14.1 Å². The minimum atomic E-state index is 0.248. The maximum Gasteiger partial charge on any atom is 0.222 e. The molecule has 0 aromatic rings. The fourth-order valence-electron chi connectivity index (χ4n) is 2.05. The first kappa shape index (κ1) is 11.3. The van der Waals surface area contributed by atoms with Gasteiger partial charge in [0.25, 0.3) is 0 Å².